The summed E-state index contributed by atoms with van der Waals surface area (Å²) in [6.07, 6.45) is 1.74. The second-order valence-corrected chi connectivity index (χ2v) is 7.14. The number of hydrogen-bond acceptors (Lipinski definition) is 5. The Labute approximate surface area is 105 Å². The number of rotatable bonds is 3. The predicted octanol–water partition coefficient (Wildman–Crippen LogP) is 1.13. The Morgan fingerprint density at radius 3 is 2.94 bits per heavy atom. The zero-order valence-electron chi connectivity index (χ0n) is 9.63. The fourth-order valence-corrected chi connectivity index (χ4v) is 4.65. The van der Waals surface area contributed by atoms with Gasteiger partial charge in [-0.2, -0.15) is 4.31 Å². The van der Waals surface area contributed by atoms with Crippen LogP contribution in [0.3, 0.4) is 0 Å². The normalized spacial score (nSPS) is 22.8. The average Bonchev–Trinajstić information content (AvgIpc) is 2.76. The largest absolute Gasteiger partial charge is 0.398 e. The van der Waals surface area contributed by atoms with E-state index in [1.807, 2.05) is 0 Å². The van der Waals surface area contributed by atoms with E-state index in [2.05, 4.69) is 0 Å². The SMILES string of the molecule is COC1CCCN(S(=O)(=O)c2cc(N)cs2)C1. The molecule has 2 N–H and O–H groups in total. The fraction of sp³-hybridized carbons (Fsp3) is 0.600. The summed E-state index contributed by atoms with van der Waals surface area (Å²) in [6.45, 7) is 0.983. The van der Waals surface area contributed by atoms with Gasteiger partial charge < -0.3 is 10.5 Å². The van der Waals surface area contributed by atoms with Crippen molar-refractivity contribution in [1.82, 2.24) is 4.31 Å². The number of sulfonamides is 1. The first-order valence-electron chi connectivity index (χ1n) is 5.41. The third-order valence-corrected chi connectivity index (χ3v) is 6.16. The lowest BCUT2D eigenvalue weighted by Crippen LogP contribution is -2.42. The van der Waals surface area contributed by atoms with E-state index >= 15 is 0 Å². The van der Waals surface area contributed by atoms with E-state index in [0.29, 0.717) is 23.0 Å². The Bertz CT molecular complexity index is 483. The van der Waals surface area contributed by atoms with Crippen LogP contribution >= 0.6 is 11.3 Å². The number of hydrogen-bond donors (Lipinski definition) is 1. The first kappa shape index (κ1) is 12.8. The molecule has 1 fully saturated rings. The van der Waals surface area contributed by atoms with E-state index in [1.54, 1.807) is 12.5 Å². The second kappa shape index (κ2) is 4.93. The Hall–Kier alpha value is -0.630. The summed E-state index contributed by atoms with van der Waals surface area (Å²) in [6, 6.07) is 1.51. The molecule has 2 rings (SSSR count). The summed E-state index contributed by atoms with van der Waals surface area (Å²) in [5, 5.41) is 1.64. The van der Waals surface area contributed by atoms with Crippen LogP contribution in [0.4, 0.5) is 5.69 Å². The summed E-state index contributed by atoms with van der Waals surface area (Å²) >= 11 is 1.16. The molecule has 1 aromatic heterocycles. The van der Waals surface area contributed by atoms with Crippen LogP contribution in [-0.2, 0) is 14.8 Å². The lowest BCUT2D eigenvalue weighted by atomic mass is 10.1. The summed E-state index contributed by atoms with van der Waals surface area (Å²) in [5.41, 5.74) is 6.06. The molecular weight excluding hydrogens is 260 g/mol. The number of thiophene rings is 1. The molecule has 0 aromatic carbocycles. The summed E-state index contributed by atoms with van der Waals surface area (Å²) in [5.74, 6) is 0. The Morgan fingerprint density at radius 1 is 1.59 bits per heavy atom. The molecule has 7 heteroatoms. The van der Waals surface area contributed by atoms with Gasteiger partial charge in [0.1, 0.15) is 4.21 Å². The number of ether oxygens (including phenoxy) is 1. The van der Waals surface area contributed by atoms with E-state index < -0.39 is 10.0 Å². The van der Waals surface area contributed by atoms with Crippen molar-refractivity contribution in [3.05, 3.63) is 11.4 Å². The topological polar surface area (TPSA) is 72.6 Å². The minimum Gasteiger partial charge on any atom is -0.398 e. The highest BCUT2D eigenvalue weighted by Gasteiger charge is 2.31. The molecule has 1 atom stereocenters. The molecule has 5 nitrogen and oxygen atoms in total. The van der Waals surface area contributed by atoms with E-state index in [4.69, 9.17) is 10.5 Å². The van der Waals surface area contributed by atoms with Crippen LogP contribution < -0.4 is 5.73 Å². The number of nitrogens with zero attached hydrogens (tertiary/aromatic N) is 1. The van der Waals surface area contributed by atoms with Crippen LogP contribution in [0.15, 0.2) is 15.7 Å². The first-order chi connectivity index (χ1) is 8.04. The van der Waals surface area contributed by atoms with E-state index in [0.717, 1.165) is 24.2 Å². The highest BCUT2D eigenvalue weighted by molar-refractivity contribution is 7.91. The van der Waals surface area contributed by atoms with Gasteiger partial charge in [-0.05, 0) is 18.9 Å². The van der Waals surface area contributed by atoms with Crippen LogP contribution in [0.2, 0.25) is 0 Å². The van der Waals surface area contributed by atoms with Crippen molar-refractivity contribution in [3.63, 3.8) is 0 Å². The van der Waals surface area contributed by atoms with Crippen molar-refractivity contribution < 1.29 is 13.2 Å². The third kappa shape index (κ3) is 2.62. The van der Waals surface area contributed by atoms with Crippen molar-refractivity contribution in [3.8, 4) is 0 Å². The van der Waals surface area contributed by atoms with Crippen molar-refractivity contribution >= 4 is 27.0 Å². The van der Waals surface area contributed by atoms with Gasteiger partial charge in [0.25, 0.3) is 10.0 Å². The summed E-state index contributed by atoms with van der Waals surface area (Å²) in [7, 11) is -1.78. The molecule has 2 heterocycles. The maximum Gasteiger partial charge on any atom is 0.252 e. The van der Waals surface area contributed by atoms with Gasteiger partial charge in [0.05, 0.1) is 6.10 Å². The molecule has 0 bridgehead atoms. The van der Waals surface area contributed by atoms with E-state index in [1.165, 1.54) is 10.4 Å². The number of anilines is 1. The van der Waals surface area contributed by atoms with Crippen LogP contribution in [0.5, 0.6) is 0 Å². The maximum atomic E-state index is 12.3. The number of nitrogen functional groups attached to an aromatic ring is 1. The van der Waals surface area contributed by atoms with Crippen molar-refractivity contribution in [1.29, 1.82) is 0 Å². The second-order valence-electron chi connectivity index (χ2n) is 4.06. The van der Waals surface area contributed by atoms with E-state index in [-0.39, 0.29) is 6.10 Å². The van der Waals surface area contributed by atoms with Gasteiger partial charge in [-0.25, -0.2) is 8.42 Å². The average molecular weight is 276 g/mol. The molecule has 17 heavy (non-hydrogen) atoms. The zero-order chi connectivity index (χ0) is 12.5. The Morgan fingerprint density at radius 2 is 2.35 bits per heavy atom. The van der Waals surface area contributed by atoms with Gasteiger partial charge in [0, 0.05) is 31.3 Å². The highest BCUT2D eigenvalue weighted by Crippen LogP contribution is 2.27. The molecular formula is C10H16N2O3S2. The zero-order valence-corrected chi connectivity index (χ0v) is 11.3. The molecule has 0 amide bonds. The number of nitrogens with two attached hydrogens (primary N) is 1. The van der Waals surface area contributed by atoms with Gasteiger partial charge in [0.2, 0.25) is 0 Å². The fourth-order valence-electron chi connectivity index (χ4n) is 1.91. The lowest BCUT2D eigenvalue weighted by molar-refractivity contribution is 0.0572. The molecule has 1 unspecified atom stereocenters. The monoisotopic (exact) mass is 276 g/mol. The smallest absolute Gasteiger partial charge is 0.252 e. The summed E-state index contributed by atoms with van der Waals surface area (Å²) in [4.78, 5) is 0. The van der Waals surface area contributed by atoms with Crippen LogP contribution in [-0.4, -0.2) is 39.0 Å². The Balaban J connectivity index is 2.21. The van der Waals surface area contributed by atoms with Crippen LogP contribution in [0.1, 0.15) is 12.8 Å². The van der Waals surface area contributed by atoms with Crippen molar-refractivity contribution in [2.24, 2.45) is 0 Å². The van der Waals surface area contributed by atoms with Gasteiger partial charge in [-0.3, -0.25) is 0 Å². The molecule has 1 saturated heterocycles. The molecule has 0 saturated carbocycles. The molecule has 0 radical (unpaired) electrons. The number of piperidine rings is 1. The van der Waals surface area contributed by atoms with Gasteiger partial charge in [-0.15, -0.1) is 11.3 Å². The molecule has 1 aliphatic rings. The molecule has 0 spiro atoms. The minimum absolute atomic E-state index is 0.00386. The van der Waals surface area contributed by atoms with Crippen molar-refractivity contribution in [2.45, 2.75) is 23.2 Å². The standard InChI is InChI=1S/C10H16N2O3S2/c1-15-9-3-2-4-12(6-9)17(13,14)10-5-8(11)7-16-10/h5,7,9H,2-4,6,11H2,1H3. The molecule has 0 aliphatic carbocycles. The van der Waals surface area contributed by atoms with E-state index in [9.17, 15) is 8.42 Å². The maximum absolute atomic E-state index is 12.3. The first-order valence-corrected chi connectivity index (χ1v) is 7.73. The predicted molar refractivity (Wildman–Crippen MR) is 67.5 cm³/mol. The summed E-state index contributed by atoms with van der Waals surface area (Å²) < 4.78 is 31.6. The van der Waals surface area contributed by atoms with Gasteiger partial charge in [-0.1, -0.05) is 0 Å². The third-order valence-electron chi connectivity index (χ3n) is 2.86. The molecule has 96 valence electrons. The minimum atomic E-state index is -3.39. The lowest BCUT2D eigenvalue weighted by Gasteiger charge is -2.30. The highest BCUT2D eigenvalue weighted by atomic mass is 32.2. The van der Waals surface area contributed by atoms with Crippen LogP contribution in [0.25, 0.3) is 0 Å². The van der Waals surface area contributed by atoms with Crippen molar-refractivity contribution in [2.75, 3.05) is 25.9 Å². The quantitative estimate of drug-likeness (QED) is 0.898. The van der Waals surface area contributed by atoms with Crippen LogP contribution in [0, 0.1) is 0 Å². The number of methoxy groups -OCH3 is 1. The Kier molecular flexibility index (Phi) is 3.72. The molecule has 1 aliphatic heterocycles. The molecule has 1 aromatic rings. The van der Waals surface area contributed by atoms with Gasteiger partial charge in [0.15, 0.2) is 0 Å². The van der Waals surface area contributed by atoms with Gasteiger partial charge >= 0.3 is 0 Å².